The van der Waals surface area contributed by atoms with Crippen LogP contribution < -0.4 is 10.7 Å². The molecule has 0 saturated carbocycles. The molecule has 6 heteroatoms. The average Bonchev–Trinajstić information content (AvgIpc) is 3.00. The Hall–Kier alpha value is -2.08. The van der Waals surface area contributed by atoms with Gasteiger partial charge in [0.1, 0.15) is 0 Å². The van der Waals surface area contributed by atoms with Gasteiger partial charge in [0.2, 0.25) is 5.91 Å². The smallest absolute Gasteiger partial charge is 0.307 e. The summed E-state index contributed by atoms with van der Waals surface area (Å²) in [5.41, 5.74) is 4.31. The summed E-state index contributed by atoms with van der Waals surface area (Å²) in [7, 11) is 0. The zero-order chi connectivity index (χ0) is 30.4. The molecule has 42 heavy (non-hydrogen) atoms. The van der Waals surface area contributed by atoms with E-state index in [2.05, 4.69) is 24.6 Å². The van der Waals surface area contributed by atoms with E-state index in [1.54, 1.807) is 0 Å². The van der Waals surface area contributed by atoms with Crippen molar-refractivity contribution >= 4 is 17.6 Å². The topological polar surface area (TPSA) is 70.7 Å². The molecule has 6 nitrogen and oxygen atoms in total. The number of amides is 1. The first kappa shape index (κ1) is 37.9. The van der Waals surface area contributed by atoms with Crippen molar-refractivity contribution in [1.29, 1.82) is 0 Å². The molecular formula is C36H65N3O3. The lowest BCUT2D eigenvalue weighted by Crippen LogP contribution is -2.36. The van der Waals surface area contributed by atoms with Gasteiger partial charge >= 0.3 is 5.97 Å². The fourth-order valence-electron chi connectivity index (χ4n) is 5.16. The Morgan fingerprint density at radius 1 is 0.619 bits per heavy atom. The van der Waals surface area contributed by atoms with Gasteiger partial charge in [0.25, 0.3) is 0 Å². The molecule has 1 aromatic rings. The number of hydrogen-bond acceptors (Lipinski definition) is 5. The van der Waals surface area contributed by atoms with Crippen LogP contribution in [0.3, 0.4) is 0 Å². The highest BCUT2D eigenvalue weighted by Crippen LogP contribution is 2.12. The third-order valence-corrected chi connectivity index (χ3v) is 7.87. The van der Waals surface area contributed by atoms with Crippen LogP contribution in [0.25, 0.3) is 0 Å². The Kier molecular flexibility index (Phi) is 26.2. The van der Waals surface area contributed by atoms with Crippen molar-refractivity contribution in [3.63, 3.8) is 0 Å². The van der Waals surface area contributed by atoms with E-state index in [0.29, 0.717) is 32.5 Å². The Morgan fingerprint density at radius 3 is 1.64 bits per heavy atom. The van der Waals surface area contributed by atoms with Crippen molar-refractivity contribution in [2.24, 2.45) is 0 Å². The van der Waals surface area contributed by atoms with Crippen LogP contribution in [0, 0.1) is 0 Å². The molecule has 0 fully saturated rings. The molecule has 0 aliphatic heterocycles. The molecular weight excluding hydrogens is 522 g/mol. The normalized spacial score (nSPS) is 11.1. The van der Waals surface area contributed by atoms with Crippen LogP contribution in [-0.4, -0.2) is 43.1 Å². The highest BCUT2D eigenvalue weighted by atomic mass is 16.5. The molecule has 0 atom stereocenters. The second kappa shape index (κ2) is 29.0. The van der Waals surface area contributed by atoms with Gasteiger partial charge in [-0.1, -0.05) is 148 Å². The standard InChI is InChI=1S/C36H65N3O3/c1-3-5-7-9-11-13-15-17-19-24-30-37-35(40)28-31-39(38-34-26-22-21-23-27-34)32-29-36(41)42-33-25-20-18-16-14-12-10-8-6-4-2/h21-23,26-27,38H,3-20,24-25,28-33H2,1-2H3,(H,37,40). The zero-order valence-corrected chi connectivity index (χ0v) is 27.4. The molecule has 0 bridgehead atoms. The molecule has 0 aromatic heterocycles. The summed E-state index contributed by atoms with van der Waals surface area (Å²) in [6.07, 6.45) is 26.3. The van der Waals surface area contributed by atoms with E-state index in [0.717, 1.165) is 31.5 Å². The van der Waals surface area contributed by atoms with E-state index >= 15 is 0 Å². The number of anilines is 1. The van der Waals surface area contributed by atoms with E-state index < -0.39 is 0 Å². The fourth-order valence-corrected chi connectivity index (χ4v) is 5.16. The molecule has 1 amide bonds. The van der Waals surface area contributed by atoms with Crippen molar-refractivity contribution in [1.82, 2.24) is 10.3 Å². The first-order valence-corrected chi connectivity index (χ1v) is 17.6. The summed E-state index contributed by atoms with van der Waals surface area (Å²) in [6, 6.07) is 9.89. The monoisotopic (exact) mass is 588 g/mol. The van der Waals surface area contributed by atoms with Gasteiger partial charge in [-0.3, -0.25) is 9.59 Å². The van der Waals surface area contributed by atoms with E-state index in [-0.39, 0.29) is 11.9 Å². The SMILES string of the molecule is CCCCCCCCCCCCNC(=O)CCN(CCC(=O)OCCCCCCCCCCCC)Nc1ccccc1. The van der Waals surface area contributed by atoms with Crippen LogP contribution in [0.2, 0.25) is 0 Å². The van der Waals surface area contributed by atoms with Crippen molar-refractivity contribution in [2.45, 2.75) is 155 Å². The Balaban J connectivity index is 2.17. The highest BCUT2D eigenvalue weighted by Gasteiger charge is 2.12. The third-order valence-electron chi connectivity index (χ3n) is 7.87. The minimum Gasteiger partial charge on any atom is -0.466 e. The number of hydrazine groups is 1. The summed E-state index contributed by atoms with van der Waals surface area (Å²) in [6.45, 7) is 6.79. The van der Waals surface area contributed by atoms with Crippen molar-refractivity contribution in [3.05, 3.63) is 30.3 Å². The predicted molar refractivity (Wildman–Crippen MR) is 179 cm³/mol. The molecule has 1 rings (SSSR count). The van der Waals surface area contributed by atoms with Crippen molar-refractivity contribution < 1.29 is 14.3 Å². The number of nitrogens with zero attached hydrogens (tertiary/aromatic N) is 1. The first-order valence-electron chi connectivity index (χ1n) is 17.6. The summed E-state index contributed by atoms with van der Waals surface area (Å²) < 4.78 is 5.49. The molecule has 0 spiro atoms. The minimum absolute atomic E-state index is 0.0642. The summed E-state index contributed by atoms with van der Waals surface area (Å²) in [5, 5.41) is 5.03. The maximum absolute atomic E-state index is 12.5. The number of unbranched alkanes of at least 4 members (excludes halogenated alkanes) is 18. The van der Waals surface area contributed by atoms with Gasteiger partial charge in [-0.25, -0.2) is 5.01 Å². The quantitative estimate of drug-likeness (QED) is 0.0533. The number of rotatable bonds is 30. The van der Waals surface area contributed by atoms with Crippen LogP contribution in [0.15, 0.2) is 30.3 Å². The van der Waals surface area contributed by atoms with Gasteiger partial charge < -0.3 is 15.5 Å². The van der Waals surface area contributed by atoms with Crippen LogP contribution in [0.1, 0.15) is 155 Å². The van der Waals surface area contributed by atoms with Gasteiger partial charge in [-0.15, -0.1) is 0 Å². The number of carbonyl (C=O) groups is 2. The average molecular weight is 588 g/mol. The minimum atomic E-state index is -0.170. The van der Waals surface area contributed by atoms with Crippen LogP contribution in [0.4, 0.5) is 5.69 Å². The second-order valence-corrected chi connectivity index (χ2v) is 11.9. The van der Waals surface area contributed by atoms with Crippen LogP contribution in [0.5, 0.6) is 0 Å². The van der Waals surface area contributed by atoms with Crippen molar-refractivity contribution in [3.8, 4) is 0 Å². The lowest BCUT2D eigenvalue weighted by atomic mass is 10.1. The summed E-state index contributed by atoms with van der Waals surface area (Å²) >= 11 is 0. The molecule has 2 N–H and O–H groups in total. The van der Waals surface area contributed by atoms with Gasteiger partial charge in [-0.05, 0) is 25.0 Å². The maximum Gasteiger partial charge on any atom is 0.307 e. The van der Waals surface area contributed by atoms with Crippen LogP contribution in [-0.2, 0) is 14.3 Å². The predicted octanol–water partition coefficient (Wildman–Crippen LogP) is 9.60. The number of ether oxygens (including phenoxy) is 1. The number of hydrogen-bond donors (Lipinski definition) is 2. The fraction of sp³-hybridized carbons (Fsp3) is 0.778. The van der Waals surface area contributed by atoms with E-state index in [1.165, 1.54) is 109 Å². The third kappa shape index (κ3) is 24.5. The van der Waals surface area contributed by atoms with Gasteiger partial charge in [0.15, 0.2) is 0 Å². The Bertz CT molecular complexity index is 702. The molecule has 0 radical (unpaired) electrons. The number of benzene rings is 1. The Labute approximate surface area is 259 Å². The number of para-hydroxylation sites is 1. The molecule has 0 aliphatic rings. The summed E-state index contributed by atoms with van der Waals surface area (Å²) in [4.78, 5) is 24.8. The first-order chi connectivity index (χ1) is 20.7. The molecule has 242 valence electrons. The second-order valence-electron chi connectivity index (χ2n) is 11.9. The maximum atomic E-state index is 12.5. The number of esters is 1. The zero-order valence-electron chi connectivity index (χ0n) is 27.4. The highest BCUT2D eigenvalue weighted by molar-refractivity contribution is 5.76. The molecule has 0 aliphatic carbocycles. The summed E-state index contributed by atoms with van der Waals surface area (Å²) in [5.74, 6) is -0.106. The van der Waals surface area contributed by atoms with Gasteiger partial charge in [-0.2, -0.15) is 0 Å². The Morgan fingerprint density at radius 2 is 1.10 bits per heavy atom. The van der Waals surface area contributed by atoms with Crippen molar-refractivity contribution in [2.75, 3.05) is 31.7 Å². The van der Waals surface area contributed by atoms with Gasteiger partial charge in [0, 0.05) is 31.7 Å². The largest absolute Gasteiger partial charge is 0.466 e. The van der Waals surface area contributed by atoms with E-state index in [4.69, 9.17) is 4.74 Å². The molecule has 0 heterocycles. The number of carbonyl (C=O) groups excluding carboxylic acids is 2. The van der Waals surface area contributed by atoms with E-state index in [9.17, 15) is 9.59 Å². The number of nitrogens with one attached hydrogen (secondary N) is 2. The van der Waals surface area contributed by atoms with Crippen LogP contribution >= 0.6 is 0 Å². The molecule has 1 aromatic carbocycles. The van der Waals surface area contributed by atoms with E-state index in [1.807, 2.05) is 35.3 Å². The lowest BCUT2D eigenvalue weighted by Gasteiger charge is -2.24. The molecule has 0 unspecified atom stereocenters. The van der Waals surface area contributed by atoms with Gasteiger partial charge in [0.05, 0.1) is 13.0 Å². The molecule has 0 saturated heterocycles. The lowest BCUT2D eigenvalue weighted by molar-refractivity contribution is -0.144.